The number of benzene rings is 1. The third-order valence-corrected chi connectivity index (χ3v) is 6.71. The van der Waals surface area contributed by atoms with E-state index < -0.39 is 0 Å². The van der Waals surface area contributed by atoms with Crippen LogP contribution in [-0.4, -0.2) is 55.2 Å². The zero-order valence-electron chi connectivity index (χ0n) is 20.7. The second-order valence-corrected chi connectivity index (χ2v) is 9.30. The Hall–Kier alpha value is -3.85. The highest BCUT2D eigenvalue weighted by atomic mass is 16.5. The number of hydrogen-bond acceptors (Lipinski definition) is 6. The van der Waals surface area contributed by atoms with Gasteiger partial charge in [0, 0.05) is 73.7 Å². The zero-order valence-corrected chi connectivity index (χ0v) is 20.7. The van der Waals surface area contributed by atoms with Gasteiger partial charge in [0.1, 0.15) is 0 Å². The van der Waals surface area contributed by atoms with Gasteiger partial charge >= 0.3 is 0 Å². The number of aromatic nitrogens is 6. The second-order valence-electron chi connectivity index (χ2n) is 9.30. The molecule has 1 amide bonds. The Morgan fingerprint density at radius 2 is 1.67 bits per heavy atom. The number of carbonyl (C=O) groups is 1. The molecule has 4 aromatic rings. The number of amides is 1. The highest BCUT2D eigenvalue weighted by molar-refractivity contribution is 5.76. The first kappa shape index (κ1) is 23.9. The molecule has 0 atom stereocenters. The number of carbonyl (C=O) groups excluding carboxylic acids is 1. The van der Waals surface area contributed by atoms with Gasteiger partial charge in [-0.15, -0.1) is 0 Å². The average molecular weight is 486 g/mol. The van der Waals surface area contributed by atoms with Gasteiger partial charge < -0.3 is 10.1 Å². The average Bonchev–Trinajstić information content (AvgIpc) is 3.58. The van der Waals surface area contributed by atoms with Crippen molar-refractivity contribution in [3.05, 3.63) is 61.4 Å². The smallest absolute Gasteiger partial charge is 0.222 e. The number of aryl methyl sites for hydroxylation is 1. The van der Waals surface area contributed by atoms with Crippen molar-refractivity contribution in [2.24, 2.45) is 7.05 Å². The lowest BCUT2D eigenvalue weighted by atomic mass is 9.91. The topological polar surface area (TPSA) is 99.8 Å². The van der Waals surface area contributed by atoms with Crippen molar-refractivity contribution in [3.8, 4) is 33.6 Å². The predicted octanol–water partition coefficient (Wildman–Crippen LogP) is 4.04. The van der Waals surface area contributed by atoms with Crippen LogP contribution < -0.4 is 5.32 Å². The molecular formula is C27H31N7O2. The monoisotopic (exact) mass is 485 g/mol. The zero-order chi connectivity index (χ0) is 24.9. The number of nitrogens with zero attached hydrogens (tertiary/aromatic N) is 6. The van der Waals surface area contributed by atoms with Crippen LogP contribution in [0, 0.1) is 0 Å². The maximum absolute atomic E-state index is 12.0. The maximum atomic E-state index is 12.0. The molecule has 1 saturated carbocycles. The predicted molar refractivity (Wildman–Crippen MR) is 137 cm³/mol. The fourth-order valence-electron chi connectivity index (χ4n) is 4.70. The molecule has 1 fully saturated rings. The van der Waals surface area contributed by atoms with Crippen LogP contribution >= 0.6 is 0 Å². The Labute approximate surface area is 210 Å². The fourth-order valence-corrected chi connectivity index (χ4v) is 4.70. The van der Waals surface area contributed by atoms with Gasteiger partial charge in [-0.05, 0) is 37.3 Å². The molecule has 0 spiro atoms. The number of hydrogen-bond donors (Lipinski definition) is 1. The molecule has 0 unspecified atom stereocenters. The Morgan fingerprint density at radius 1 is 0.944 bits per heavy atom. The van der Waals surface area contributed by atoms with Crippen molar-refractivity contribution < 1.29 is 9.53 Å². The summed E-state index contributed by atoms with van der Waals surface area (Å²) in [5.74, 6) is 0.747. The van der Waals surface area contributed by atoms with Crippen molar-refractivity contribution in [3.63, 3.8) is 0 Å². The van der Waals surface area contributed by atoms with Crippen molar-refractivity contribution in [1.29, 1.82) is 0 Å². The Balaban J connectivity index is 1.21. The van der Waals surface area contributed by atoms with Gasteiger partial charge in [0.05, 0.1) is 25.0 Å². The summed E-state index contributed by atoms with van der Waals surface area (Å²) in [7, 11) is 3.52. The number of methoxy groups -OCH3 is 1. The van der Waals surface area contributed by atoms with Gasteiger partial charge in [-0.2, -0.15) is 10.2 Å². The van der Waals surface area contributed by atoms with Gasteiger partial charge in [-0.25, -0.2) is 9.97 Å². The van der Waals surface area contributed by atoms with Crippen LogP contribution in [-0.2, 0) is 16.6 Å². The molecular weight excluding hydrogens is 454 g/mol. The lowest BCUT2D eigenvalue weighted by Gasteiger charge is -2.29. The highest BCUT2D eigenvalue weighted by Crippen LogP contribution is 2.30. The van der Waals surface area contributed by atoms with E-state index in [9.17, 15) is 4.79 Å². The number of rotatable bonds is 8. The Morgan fingerprint density at radius 3 is 2.39 bits per heavy atom. The van der Waals surface area contributed by atoms with Crippen molar-refractivity contribution in [2.75, 3.05) is 13.7 Å². The van der Waals surface area contributed by atoms with Crippen molar-refractivity contribution in [2.45, 2.75) is 44.2 Å². The summed E-state index contributed by atoms with van der Waals surface area (Å²) in [6.07, 6.45) is 15.8. The molecule has 36 heavy (non-hydrogen) atoms. The van der Waals surface area contributed by atoms with Crippen LogP contribution in [0.1, 0.15) is 38.1 Å². The van der Waals surface area contributed by atoms with Gasteiger partial charge in [0.15, 0.2) is 5.82 Å². The highest BCUT2D eigenvalue weighted by Gasteiger charge is 2.24. The maximum Gasteiger partial charge on any atom is 0.222 e. The second kappa shape index (κ2) is 10.8. The molecule has 0 aliphatic heterocycles. The lowest BCUT2D eigenvalue weighted by molar-refractivity contribution is -0.122. The molecule has 0 radical (unpaired) electrons. The molecule has 0 saturated heterocycles. The molecule has 0 bridgehead atoms. The quantitative estimate of drug-likeness (QED) is 0.404. The van der Waals surface area contributed by atoms with Crippen LogP contribution in [0.5, 0.6) is 0 Å². The molecule has 186 valence electrons. The van der Waals surface area contributed by atoms with E-state index in [2.05, 4.69) is 43.8 Å². The van der Waals surface area contributed by atoms with Gasteiger partial charge in [-0.3, -0.25) is 14.2 Å². The van der Waals surface area contributed by atoms with Crippen molar-refractivity contribution >= 4 is 5.91 Å². The summed E-state index contributed by atoms with van der Waals surface area (Å²) >= 11 is 0. The summed E-state index contributed by atoms with van der Waals surface area (Å²) in [5.41, 5.74) is 5.04. The van der Waals surface area contributed by atoms with E-state index in [0.29, 0.717) is 24.9 Å². The molecule has 3 aromatic heterocycles. The molecule has 9 heteroatoms. The minimum atomic E-state index is 0.0638. The third kappa shape index (κ3) is 5.52. The normalized spacial score (nSPS) is 17.7. The third-order valence-electron chi connectivity index (χ3n) is 6.71. The lowest BCUT2D eigenvalue weighted by Crippen LogP contribution is -2.38. The standard InChI is InChI=1S/C27H31N7O2/c1-33-17-22(15-30-33)19-4-3-5-20(12-19)27-28-13-21(14-29-27)23-16-31-34(18-23)25-8-6-24(7-9-25)32-26(35)10-11-36-2/h3-5,12-18,24-25H,6-11H2,1-2H3,(H,32,35). The SMILES string of the molecule is COCCC(=O)NC1CCC(n2cc(-c3cnc(-c4cccc(-c5cnn(C)c5)c4)nc3)cn2)CC1. The summed E-state index contributed by atoms with van der Waals surface area (Å²) in [6, 6.07) is 8.74. The van der Waals surface area contributed by atoms with E-state index in [1.165, 1.54) is 0 Å². The van der Waals surface area contributed by atoms with E-state index in [0.717, 1.165) is 53.5 Å². The fraction of sp³-hybridized carbons (Fsp3) is 0.370. The van der Waals surface area contributed by atoms with Crippen LogP contribution in [0.15, 0.2) is 61.4 Å². The van der Waals surface area contributed by atoms with Gasteiger partial charge in [0.2, 0.25) is 5.91 Å². The van der Waals surface area contributed by atoms with E-state index in [1.807, 2.05) is 54.8 Å². The largest absolute Gasteiger partial charge is 0.384 e. The minimum absolute atomic E-state index is 0.0638. The first-order valence-electron chi connectivity index (χ1n) is 12.3. The van der Waals surface area contributed by atoms with E-state index in [1.54, 1.807) is 11.8 Å². The van der Waals surface area contributed by atoms with Crippen molar-refractivity contribution in [1.82, 2.24) is 34.8 Å². The summed E-state index contributed by atoms with van der Waals surface area (Å²) in [5, 5.41) is 12.0. The van der Waals surface area contributed by atoms with Crippen LogP contribution in [0.3, 0.4) is 0 Å². The number of ether oxygens (including phenoxy) is 1. The molecule has 1 aliphatic rings. The van der Waals surface area contributed by atoms with Crippen LogP contribution in [0.4, 0.5) is 0 Å². The first-order chi connectivity index (χ1) is 17.6. The van der Waals surface area contributed by atoms with Gasteiger partial charge in [-0.1, -0.05) is 18.2 Å². The van der Waals surface area contributed by atoms with E-state index in [-0.39, 0.29) is 11.9 Å². The Bertz CT molecular complexity index is 1300. The van der Waals surface area contributed by atoms with E-state index >= 15 is 0 Å². The number of nitrogens with one attached hydrogen (secondary N) is 1. The molecule has 1 aromatic carbocycles. The molecule has 5 rings (SSSR count). The van der Waals surface area contributed by atoms with E-state index in [4.69, 9.17) is 4.74 Å². The first-order valence-corrected chi connectivity index (χ1v) is 12.3. The summed E-state index contributed by atoms with van der Waals surface area (Å²) in [6.45, 7) is 0.458. The summed E-state index contributed by atoms with van der Waals surface area (Å²) in [4.78, 5) is 21.2. The molecule has 1 N–H and O–H groups in total. The molecule has 9 nitrogen and oxygen atoms in total. The Kier molecular flexibility index (Phi) is 7.18. The van der Waals surface area contributed by atoms with Crippen LogP contribution in [0.25, 0.3) is 33.6 Å². The molecule has 1 aliphatic carbocycles. The van der Waals surface area contributed by atoms with Gasteiger partial charge in [0.25, 0.3) is 0 Å². The summed E-state index contributed by atoms with van der Waals surface area (Å²) < 4.78 is 8.82. The van der Waals surface area contributed by atoms with Crippen LogP contribution in [0.2, 0.25) is 0 Å². The minimum Gasteiger partial charge on any atom is -0.384 e. The molecule has 3 heterocycles.